The van der Waals surface area contributed by atoms with Gasteiger partial charge in [0.25, 0.3) is 5.91 Å². The van der Waals surface area contributed by atoms with Crippen LogP contribution >= 0.6 is 11.6 Å². The van der Waals surface area contributed by atoms with Gasteiger partial charge < -0.3 is 9.64 Å². The summed E-state index contributed by atoms with van der Waals surface area (Å²) in [5.41, 5.74) is 3.49. The molecule has 0 saturated heterocycles. The van der Waals surface area contributed by atoms with Crippen LogP contribution in [0.4, 0.5) is 0 Å². The molecule has 28 heavy (non-hydrogen) atoms. The quantitative estimate of drug-likeness (QED) is 0.579. The van der Waals surface area contributed by atoms with E-state index < -0.39 is 0 Å². The van der Waals surface area contributed by atoms with E-state index in [-0.39, 0.29) is 5.91 Å². The van der Waals surface area contributed by atoms with E-state index in [2.05, 4.69) is 5.10 Å². The summed E-state index contributed by atoms with van der Waals surface area (Å²) in [4.78, 5) is 14.3. The van der Waals surface area contributed by atoms with Gasteiger partial charge in [-0.3, -0.25) is 9.48 Å². The molecule has 0 spiro atoms. The highest BCUT2D eigenvalue weighted by molar-refractivity contribution is 6.31. The molecule has 0 fully saturated rings. The topological polar surface area (TPSA) is 47.4 Å². The molecule has 0 unspecified atom stereocenters. The second-order valence-electron chi connectivity index (χ2n) is 6.72. The highest BCUT2D eigenvalue weighted by Crippen LogP contribution is 2.22. The second-order valence-corrected chi connectivity index (χ2v) is 7.13. The molecule has 3 aromatic rings. The van der Waals surface area contributed by atoms with Crippen molar-refractivity contribution >= 4 is 17.5 Å². The van der Waals surface area contributed by atoms with E-state index in [1.807, 2.05) is 73.3 Å². The number of nitrogens with zero attached hydrogens (tertiary/aromatic N) is 3. The second kappa shape index (κ2) is 8.93. The number of rotatable bonds is 7. The number of ether oxygens (including phenoxy) is 1. The third-order valence-corrected chi connectivity index (χ3v) is 4.93. The van der Waals surface area contributed by atoms with Crippen molar-refractivity contribution < 1.29 is 9.53 Å². The van der Waals surface area contributed by atoms with Crippen molar-refractivity contribution in [1.82, 2.24) is 14.7 Å². The van der Waals surface area contributed by atoms with Crippen molar-refractivity contribution in [2.45, 2.75) is 33.5 Å². The average Bonchev–Trinajstić information content (AvgIpc) is 3.16. The van der Waals surface area contributed by atoms with Crippen LogP contribution in [0.3, 0.4) is 0 Å². The van der Waals surface area contributed by atoms with E-state index >= 15 is 0 Å². The van der Waals surface area contributed by atoms with Crippen LogP contribution in [0.25, 0.3) is 0 Å². The first-order valence-electron chi connectivity index (χ1n) is 9.22. The molecule has 0 atom stereocenters. The lowest BCUT2D eigenvalue weighted by Gasteiger charge is -2.16. The molecular formula is C22H24ClN3O2. The van der Waals surface area contributed by atoms with Gasteiger partial charge in [0.1, 0.15) is 12.4 Å². The summed E-state index contributed by atoms with van der Waals surface area (Å²) in [5.74, 6) is 0.736. The van der Waals surface area contributed by atoms with Gasteiger partial charge in [-0.05, 0) is 61.4 Å². The molecule has 0 aliphatic rings. The summed E-state index contributed by atoms with van der Waals surface area (Å²) in [6, 6.07) is 15.0. The first-order chi connectivity index (χ1) is 13.5. The van der Waals surface area contributed by atoms with Crippen LogP contribution in [0.5, 0.6) is 5.75 Å². The lowest BCUT2D eigenvalue weighted by atomic mass is 10.1. The molecule has 0 bridgehead atoms. The maximum absolute atomic E-state index is 12.6. The summed E-state index contributed by atoms with van der Waals surface area (Å²) in [7, 11) is 1.78. The SMILES string of the molecule is CCn1ccc(CN(C)C(=O)c2ccc(COc3ccc(Cl)c(C)c3)cc2)n1. The Morgan fingerprint density at radius 1 is 1.18 bits per heavy atom. The molecule has 1 amide bonds. The van der Waals surface area contributed by atoms with Gasteiger partial charge in [-0.1, -0.05) is 23.7 Å². The fourth-order valence-electron chi connectivity index (χ4n) is 2.82. The fraction of sp³-hybridized carbons (Fsp3) is 0.273. The predicted octanol–water partition coefficient (Wildman–Crippen LogP) is 4.72. The zero-order chi connectivity index (χ0) is 20.1. The van der Waals surface area contributed by atoms with Crippen molar-refractivity contribution in [3.63, 3.8) is 0 Å². The smallest absolute Gasteiger partial charge is 0.253 e. The Bertz CT molecular complexity index is 951. The summed E-state index contributed by atoms with van der Waals surface area (Å²) in [5, 5.41) is 5.14. The lowest BCUT2D eigenvalue weighted by molar-refractivity contribution is 0.0783. The molecule has 0 N–H and O–H groups in total. The van der Waals surface area contributed by atoms with Crippen molar-refractivity contribution in [2.75, 3.05) is 7.05 Å². The van der Waals surface area contributed by atoms with Crippen LogP contribution in [-0.2, 0) is 19.7 Å². The summed E-state index contributed by atoms with van der Waals surface area (Å²) in [6.45, 7) is 5.70. The molecule has 0 saturated carbocycles. The molecule has 5 nitrogen and oxygen atoms in total. The van der Waals surface area contributed by atoms with Gasteiger partial charge in [0.2, 0.25) is 0 Å². The Labute approximate surface area is 170 Å². The third-order valence-electron chi connectivity index (χ3n) is 4.50. The molecule has 1 aromatic heterocycles. The van der Waals surface area contributed by atoms with Gasteiger partial charge in [0.05, 0.1) is 12.2 Å². The number of hydrogen-bond donors (Lipinski definition) is 0. The molecule has 6 heteroatoms. The first-order valence-corrected chi connectivity index (χ1v) is 9.59. The molecule has 146 valence electrons. The van der Waals surface area contributed by atoms with E-state index in [1.54, 1.807) is 11.9 Å². The van der Waals surface area contributed by atoms with Gasteiger partial charge in [-0.15, -0.1) is 0 Å². The van der Waals surface area contributed by atoms with Crippen LogP contribution in [0.2, 0.25) is 5.02 Å². The Balaban J connectivity index is 1.57. The number of aryl methyl sites for hydroxylation is 2. The number of aromatic nitrogens is 2. The lowest BCUT2D eigenvalue weighted by Crippen LogP contribution is -2.26. The summed E-state index contributed by atoms with van der Waals surface area (Å²) >= 11 is 6.03. The number of carbonyl (C=O) groups excluding carboxylic acids is 1. The Kier molecular flexibility index (Phi) is 6.37. The largest absolute Gasteiger partial charge is 0.489 e. The minimum absolute atomic E-state index is 0.0353. The Morgan fingerprint density at radius 2 is 1.93 bits per heavy atom. The Hall–Kier alpha value is -2.79. The van der Waals surface area contributed by atoms with Gasteiger partial charge in [-0.25, -0.2) is 0 Å². The zero-order valence-electron chi connectivity index (χ0n) is 16.4. The monoisotopic (exact) mass is 397 g/mol. The van der Waals surface area contributed by atoms with E-state index in [0.29, 0.717) is 18.7 Å². The predicted molar refractivity (Wildman–Crippen MR) is 111 cm³/mol. The number of benzene rings is 2. The van der Waals surface area contributed by atoms with Gasteiger partial charge >= 0.3 is 0 Å². The summed E-state index contributed by atoms with van der Waals surface area (Å²) in [6.07, 6.45) is 1.92. The fourth-order valence-corrected chi connectivity index (χ4v) is 2.93. The van der Waals surface area contributed by atoms with Crippen molar-refractivity contribution in [3.05, 3.63) is 82.1 Å². The van der Waals surface area contributed by atoms with Gasteiger partial charge in [-0.2, -0.15) is 5.10 Å². The zero-order valence-corrected chi connectivity index (χ0v) is 17.1. The number of hydrogen-bond acceptors (Lipinski definition) is 3. The highest BCUT2D eigenvalue weighted by atomic mass is 35.5. The van der Waals surface area contributed by atoms with Gasteiger partial charge in [0, 0.05) is 30.4 Å². The normalized spacial score (nSPS) is 10.7. The molecule has 2 aromatic carbocycles. The molecular weight excluding hydrogens is 374 g/mol. The van der Waals surface area contributed by atoms with Crippen LogP contribution in [0.15, 0.2) is 54.7 Å². The third kappa shape index (κ3) is 4.93. The van der Waals surface area contributed by atoms with Crippen LogP contribution < -0.4 is 4.74 Å². The molecule has 0 aliphatic heterocycles. The van der Waals surface area contributed by atoms with E-state index in [1.165, 1.54) is 0 Å². The van der Waals surface area contributed by atoms with Crippen LogP contribution in [0, 0.1) is 6.92 Å². The standard InChI is InChI=1S/C22H24ClN3O2/c1-4-26-12-11-19(24-26)14-25(3)22(27)18-7-5-17(6-8-18)15-28-20-9-10-21(23)16(2)13-20/h5-13H,4,14-15H2,1-3H3. The van der Waals surface area contributed by atoms with Crippen molar-refractivity contribution in [2.24, 2.45) is 0 Å². The molecule has 3 rings (SSSR count). The maximum Gasteiger partial charge on any atom is 0.253 e. The minimum atomic E-state index is -0.0353. The number of halogens is 1. The number of carbonyl (C=O) groups is 1. The molecule has 0 radical (unpaired) electrons. The maximum atomic E-state index is 12.6. The van der Waals surface area contributed by atoms with Gasteiger partial charge in [0.15, 0.2) is 0 Å². The van der Waals surface area contributed by atoms with Crippen molar-refractivity contribution in [3.8, 4) is 5.75 Å². The molecule has 1 heterocycles. The minimum Gasteiger partial charge on any atom is -0.489 e. The van der Waals surface area contributed by atoms with E-state index in [0.717, 1.165) is 34.1 Å². The van der Waals surface area contributed by atoms with E-state index in [4.69, 9.17) is 16.3 Å². The molecule has 0 aliphatic carbocycles. The average molecular weight is 398 g/mol. The van der Waals surface area contributed by atoms with Crippen LogP contribution in [-0.4, -0.2) is 27.6 Å². The van der Waals surface area contributed by atoms with Crippen LogP contribution in [0.1, 0.15) is 34.1 Å². The first kappa shape index (κ1) is 20.0. The summed E-state index contributed by atoms with van der Waals surface area (Å²) < 4.78 is 7.65. The highest BCUT2D eigenvalue weighted by Gasteiger charge is 2.13. The van der Waals surface area contributed by atoms with Crippen molar-refractivity contribution in [1.29, 1.82) is 0 Å². The van der Waals surface area contributed by atoms with E-state index in [9.17, 15) is 4.79 Å². The number of amides is 1. The Morgan fingerprint density at radius 3 is 2.57 bits per heavy atom.